The van der Waals surface area contributed by atoms with Crippen LogP contribution in [0.15, 0.2) is 18.2 Å². The van der Waals surface area contributed by atoms with E-state index in [1.54, 1.807) is 12.3 Å². The number of aryl methyl sites for hydroxylation is 1. The van der Waals surface area contributed by atoms with Crippen molar-refractivity contribution in [1.29, 1.82) is 0 Å². The average molecular weight is 236 g/mol. The minimum absolute atomic E-state index is 1.01. The van der Waals surface area contributed by atoms with Gasteiger partial charge in [0.05, 0.1) is 15.2 Å². The molecule has 0 aliphatic rings. The zero-order valence-electron chi connectivity index (χ0n) is 11.3. The van der Waals surface area contributed by atoms with Crippen LogP contribution in [0, 0.1) is 6.92 Å². The van der Waals surface area contributed by atoms with Crippen molar-refractivity contribution >= 4 is 13.3 Å². The van der Waals surface area contributed by atoms with E-state index in [4.69, 9.17) is 4.74 Å². The maximum Gasteiger partial charge on any atom is 0.118 e. The van der Waals surface area contributed by atoms with E-state index in [9.17, 15) is 0 Å². The van der Waals surface area contributed by atoms with Crippen LogP contribution in [0.2, 0.25) is 18.1 Å². The lowest BCUT2D eigenvalue weighted by Crippen LogP contribution is -2.47. The van der Waals surface area contributed by atoms with Gasteiger partial charge in [-0.2, -0.15) is 0 Å². The Morgan fingerprint density at radius 3 is 2.06 bits per heavy atom. The van der Waals surface area contributed by atoms with E-state index >= 15 is 0 Å². The maximum absolute atomic E-state index is 5.36. The highest BCUT2D eigenvalue weighted by Gasteiger charge is 2.30. The molecule has 0 heterocycles. The van der Waals surface area contributed by atoms with Gasteiger partial charge in [0.2, 0.25) is 0 Å². The molecule has 16 heavy (non-hydrogen) atoms. The van der Waals surface area contributed by atoms with E-state index < -0.39 is 8.07 Å². The summed E-state index contributed by atoms with van der Waals surface area (Å²) in [6, 6.07) is 10.5. The fraction of sp³-hybridized carbons (Fsp3) is 0.571. The van der Waals surface area contributed by atoms with Crippen LogP contribution in [0.1, 0.15) is 26.3 Å². The molecule has 0 aliphatic carbocycles. The molecule has 0 fully saturated rings. The van der Waals surface area contributed by atoms with Crippen LogP contribution in [0.3, 0.4) is 0 Å². The first kappa shape index (κ1) is 13.3. The quantitative estimate of drug-likeness (QED) is 0.708. The molecule has 0 saturated carbocycles. The molecule has 0 aromatic heterocycles. The van der Waals surface area contributed by atoms with E-state index in [1.165, 1.54) is 23.7 Å². The van der Waals surface area contributed by atoms with Gasteiger partial charge >= 0.3 is 0 Å². The van der Waals surface area contributed by atoms with Gasteiger partial charge in [-0.1, -0.05) is 55.7 Å². The summed E-state index contributed by atoms with van der Waals surface area (Å²) >= 11 is 0. The molecule has 2 heteroatoms. The number of hydrogen-bond acceptors (Lipinski definition) is 1. The lowest BCUT2D eigenvalue weighted by Gasteiger charge is -2.30. The Hall–Kier alpha value is -0.763. The molecule has 0 atom stereocenters. The maximum atomic E-state index is 5.36. The number of hydrogen-bond donors (Lipinski definition) is 0. The Bertz CT molecular complexity index is 334. The van der Waals surface area contributed by atoms with Crippen molar-refractivity contribution in [1.82, 2.24) is 0 Å². The SMILES string of the molecule is CC[Si](CC)(CC)c1cc(OC)ccc1C. The highest BCUT2D eigenvalue weighted by molar-refractivity contribution is 6.92. The van der Waals surface area contributed by atoms with Crippen molar-refractivity contribution in [3.8, 4) is 5.75 Å². The average Bonchev–Trinajstić information content (AvgIpc) is 2.34. The number of rotatable bonds is 5. The van der Waals surface area contributed by atoms with Gasteiger partial charge in [0.25, 0.3) is 0 Å². The van der Waals surface area contributed by atoms with Crippen LogP contribution in [0.25, 0.3) is 0 Å². The summed E-state index contributed by atoms with van der Waals surface area (Å²) in [5, 5.41) is 1.60. The van der Waals surface area contributed by atoms with Gasteiger partial charge in [-0.3, -0.25) is 0 Å². The van der Waals surface area contributed by atoms with Gasteiger partial charge in [0.15, 0.2) is 0 Å². The van der Waals surface area contributed by atoms with E-state index in [0.717, 1.165) is 5.75 Å². The van der Waals surface area contributed by atoms with Crippen molar-refractivity contribution in [2.75, 3.05) is 7.11 Å². The summed E-state index contributed by atoms with van der Waals surface area (Å²) in [5.74, 6) is 1.01. The Balaban J connectivity index is 3.27. The smallest absolute Gasteiger partial charge is 0.118 e. The van der Waals surface area contributed by atoms with Gasteiger partial charge in [0.1, 0.15) is 5.75 Å². The van der Waals surface area contributed by atoms with Crippen LogP contribution in [-0.4, -0.2) is 15.2 Å². The van der Waals surface area contributed by atoms with Gasteiger partial charge in [-0.05, 0) is 19.1 Å². The topological polar surface area (TPSA) is 9.23 Å². The first-order valence-corrected chi connectivity index (χ1v) is 8.90. The molecule has 1 aromatic carbocycles. The second-order valence-electron chi connectivity index (χ2n) is 4.52. The number of benzene rings is 1. The monoisotopic (exact) mass is 236 g/mol. The summed E-state index contributed by atoms with van der Waals surface area (Å²) in [6.07, 6.45) is 0. The lowest BCUT2D eigenvalue weighted by atomic mass is 10.2. The zero-order chi connectivity index (χ0) is 12.2. The third-order valence-electron chi connectivity index (χ3n) is 4.05. The first-order valence-electron chi connectivity index (χ1n) is 6.28. The fourth-order valence-electron chi connectivity index (χ4n) is 2.62. The third kappa shape index (κ3) is 2.32. The molecule has 1 nitrogen and oxygen atoms in total. The van der Waals surface area contributed by atoms with E-state index in [0.29, 0.717) is 0 Å². The largest absolute Gasteiger partial charge is 0.497 e. The molecule has 0 radical (unpaired) electrons. The molecule has 0 aliphatic heterocycles. The molecular weight excluding hydrogens is 212 g/mol. The summed E-state index contributed by atoms with van der Waals surface area (Å²) in [5.41, 5.74) is 1.44. The second-order valence-corrected chi connectivity index (χ2v) is 9.74. The molecular formula is C14H24OSi. The highest BCUT2D eigenvalue weighted by atomic mass is 28.3. The van der Waals surface area contributed by atoms with E-state index in [1.807, 2.05) is 0 Å². The zero-order valence-corrected chi connectivity index (χ0v) is 12.3. The third-order valence-corrected chi connectivity index (χ3v) is 9.79. The summed E-state index contributed by atoms with van der Waals surface area (Å²) in [4.78, 5) is 0. The van der Waals surface area contributed by atoms with Crippen LogP contribution < -0.4 is 9.92 Å². The normalized spacial score (nSPS) is 11.6. The Morgan fingerprint density at radius 1 is 1.06 bits per heavy atom. The van der Waals surface area contributed by atoms with E-state index in [2.05, 4.69) is 45.9 Å². The standard InChI is InChI=1S/C14H24OSi/c1-6-16(7-2,8-3)14-11-13(15-5)10-9-12(14)4/h9-11H,6-8H2,1-5H3. The van der Waals surface area contributed by atoms with Crippen LogP contribution in [0.5, 0.6) is 5.75 Å². The molecule has 0 amide bonds. The summed E-state index contributed by atoms with van der Waals surface area (Å²) in [7, 11) is 0.486. The van der Waals surface area contributed by atoms with Crippen LogP contribution >= 0.6 is 0 Å². The van der Waals surface area contributed by atoms with E-state index in [-0.39, 0.29) is 0 Å². The fourth-order valence-corrected chi connectivity index (χ4v) is 6.63. The van der Waals surface area contributed by atoms with Crippen LogP contribution in [0.4, 0.5) is 0 Å². The molecule has 0 spiro atoms. The van der Waals surface area contributed by atoms with Crippen molar-refractivity contribution < 1.29 is 4.74 Å². The molecule has 0 unspecified atom stereocenters. The molecule has 0 N–H and O–H groups in total. The minimum Gasteiger partial charge on any atom is -0.497 e. The Labute approximate surface area is 101 Å². The number of ether oxygens (including phenoxy) is 1. The molecule has 0 bridgehead atoms. The summed E-state index contributed by atoms with van der Waals surface area (Å²) in [6.45, 7) is 9.27. The Kier molecular flexibility index (Phi) is 4.60. The minimum atomic E-state index is -1.27. The Morgan fingerprint density at radius 2 is 1.62 bits per heavy atom. The van der Waals surface area contributed by atoms with Crippen molar-refractivity contribution in [3.63, 3.8) is 0 Å². The molecule has 1 rings (SSSR count). The molecule has 90 valence electrons. The van der Waals surface area contributed by atoms with Crippen molar-refractivity contribution in [2.24, 2.45) is 0 Å². The second kappa shape index (κ2) is 5.53. The van der Waals surface area contributed by atoms with Gasteiger partial charge < -0.3 is 4.74 Å². The highest BCUT2D eigenvalue weighted by Crippen LogP contribution is 2.23. The molecule has 0 saturated heterocycles. The van der Waals surface area contributed by atoms with Gasteiger partial charge in [-0.15, -0.1) is 0 Å². The lowest BCUT2D eigenvalue weighted by molar-refractivity contribution is 0.415. The van der Waals surface area contributed by atoms with Gasteiger partial charge in [0, 0.05) is 0 Å². The first-order chi connectivity index (χ1) is 7.63. The van der Waals surface area contributed by atoms with Gasteiger partial charge in [-0.25, -0.2) is 0 Å². The summed E-state index contributed by atoms with van der Waals surface area (Å²) < 4.78 is 5.36. The molecule has 1 aromatic rings. The van der Waals surface area contributed by atoms with Crippen molar-refractivity contribution in [3.05, 3.63) is 23.8 Å². The number of methoxy groups -OCH3 is 1. The predicted octanol–water partition coefficient (Wildman–Crippen LogP) is 3.72. The van der Waals surface area contributed by atoms with Crippen molar-refractivity contribution in [2.45, 2.75) is 45.8 Å². The predicted molar refractivity (Wildman–Crippen MR) is 74.6 cm³/mol. The van der Waals surface area contributed by atoms with Crippen LogP contribution in [-0.2, 0) is 0 Å².